The van der Waals surface area contributed by atoms with E-state index in [1.54, 1.807) is 13.8 Å². The predicted octanol–water partition coefficient (Wildman–Crippen LogP) is 1.94. The van der Waals surface area contributed by atoms with Crippen molar-refractivity contribution in [3.8, 4) is 0 Å². The average molecular weight is 357 g/mol. The summed E-state index contributed by atoms with van der Waals surface area (Å²) in [6, 6.07) is 4.45. The summed E-state index contributed by atoms with van der Waals surface area (Å²) < 4.78 is 0. The summed E-state index contributed by atoms with van der Waals surface area (Å²) in [5, 5.41) is 33.3. The number of non-ortho nitro benzene ring substituents is 1. The average Bonchev–Trinajstić information content (AvgIpc) is 2.45. The Morgan fingerprint density at radius 2 is 1.96 bits per heavy atom. The zero-order chi connectivity index (χ0) is 17.4. The van der Waals surface area contributed by atoms with Gasteiger partial charge in [-0.2, -0.15) is 0 Å². The van der Waals surface area contributed by atoms with E-state index >= 15 is 0 Å². The smallest absolute Gasteiger partial charge is 0.319 e. The van der Waals surface area contributed by atoms with E-state index in [4.69, 9.17) is 0 Å². The third kappa shape index (κ3) is 3.05. The van der Waals surface area contributed by atoms with Crippen LogP contribution in [-0.4, -0.2) is 33.1 Å². The molecule has 0 saturated carbocycles. The van der Waals surface area contributed by atoms with Crippen LogP contribution < -0.4 is 5.32 Å². The van der Waals surface area contributed by atoms with E-state index in [2.05, 4.69) is 5.32 Å². The fourth-order valence-electron chi connectivity index (χ4n) is 3.18. The first kappa shape index (κ1) is 19.4. The first-order valence-corrected chi connectivity index (χ1v) is 6.87. The summed E-state index contributed by atoms with van der Waals surface area (Å²) in [6.07, 6.45) is 1.31. The molecule has 0 aliphatic carbocycles. The van der Waals surface area contributed by atoms with Crippen LogP contribution in [-0.2, 0) is 15.0 Å². The number of hydrogen-bond acceptors (Lipinski definition) is 5. The normalized spacial score (nSPS) is 25.7. The standard InChI is InChI=1S/C15H16N2O6.ClH/c1-8-7-15(14(20)21,12(13(18)19)9(2)16-8)10-4-3-5-11(6-10)17(22)23;/h3-7,9,12,16H,1-2H3,(H,18,19)(H,20,21);1H. The van der Waals surface area contributed by atoms with Crippen LogP contribution >= 0.6 is 12.4 Å². The predicted molar refractivity (Wildman–Crippen MR) is 87.1 cm³/mol. The van der Waals surface area contributed by atoms with Crippen LogP contribution in [0.4, 0.5) is 5.69 Å². The molecular formula is C15H17ClN2O6. The van der Waals surface area contributed by atoms with Gasteiger partial charge in [0, 0.05) is 23.9 Å². The monoisotopic (exact) mass is 356 g/mol. The fourth-order valence-corrected chi connectivity index (χ4v) is 3.18. The minimum Gasteiger partial charge on any atom is -0.481 e. The Labute approximate surface area is 143 Å². The van der Waals surface area contributed by atoms with Crippen molar-refractivity contribution < 1.29 is 24.7 Å². The molecule has 1 aliphatic heterocycles. The van der Waals surface area contributed by atoms with Crippen LogP contribution in [0, 0.1) is 16.0 Å². The Hall–Kier alpha value is -2.61. The molecule has 0 spiro atoms. The van der Waals surface area contributed by atoms with Crippen molar-refractivity contribution in [2.24, 2.45) is 5.92 Å². The number of nitro benzene ring substituents is 1. The number of carboxylic acids is 2. The molecule has 130 valence electrons. The quantitative estimate of drug-likeness (QED) is 0.555. The molecule has 1 aliphatic rings. The van der Waals surface area contributed by atoms with Gasteiger partial charge in [-0.25, -0.2) is 0 Å². The number of halogens is 1. The number of nitrogens with one attached hydrogen (secondary N) is 1. The van der Waals surface area contributed by atoms with Crippen molar-refractivity contribution in [3.63, 3.8) is 0 Å². The lowest BCUT2D eigenvalue weighted by molar-refractivity contribution is -0.385. The minimum absolute atomic E-state index is 0. The summed E-state index contributed by atoms with van der Waals surface area (Å²) in [6.45, 7) is 3.20. The van der Waals surface area contributed by atoms with E-state index in [1.165, 1.54) is 24.3 Å². The largest absolute Gasteiger partial charge is 0.481 e. The number of hydrogen-bond donors (Lipinski definition) is 3. The van der Waals surface area contributed by atoms with Gasteiger partial charge in [0.25, 0.3) is 5.69 Å². The lowest BCUT2D eigenvalue weighted by atomic mass is 9.65. The Morgan fingerprint density at radius 1 is 1.33 bits per heavy atom. The van der Waals surface area contributed by atoms with Gasteiger partial charge >= 0.3 is 11.9 Å². The summed E-state index contributed by atoms with van der Waals surface area (Å²) in [5.74, 6) is -3.97. The number of carboxylic acid groups (broad SMARTS) is 2. The molecule has 8 nitrogen and oxygen atoms in total. The zero-order valence-corrected chi connectivity index (χ0v) is 13.7. The molecule has 0 radical (unpaired) electrons. The van der Waals surface area contributed by atoms with Gasteiger partial charge in [0.15, 0.2) is 0 Å². The third-order valence-corrected chi connectivity index (χ3v) is 4.04. The van der Waals surface area contributed by atoms with Gasteiger partial charge in [0.1, 0.15) is 11.3 Å². The molecule has 24 heavy (non-hydrogen) atoms. The fraction of sp³-hybridized carbons (Fsp3) is 0.333. The van der Waals surface area contributed by atoms with E-state index in [1.807, 2.05) is 0 Å². The van der Waals surface area contributed by atoms with Crippen molar-refractivity contribution in [3.05, 3.63) is 51.7 Å². The highest BCUT2D eigenvalue weighted by atomic mass is 35.5. The minimum atomic E-state index is -1.88. The van der Waals surface area contributed by atoms with Crippen molar-refractivity contribution in [1.29, 1.82) is 0 Å². The maximum absolute atomic E-state index is 12.1. The summed E-state index contributed by atoms with van der Waals surface area (Å²) >= 11 is 0. The van der Waals surface area contributed by atoms with Gasteiger partial charge in [-0.3, -0.25) is 19.7 Å². The second-order valence-corrected chi connectivity index (χ2v) is 5.56. The first-order chi connectivity index (χ1) is 10.7. The molecule has 0 bridgehead atoms. The van der Waals surface area contributed by atoms with E-state index in [9.17, 15) is 29.9 Å². The summed E-state index contributed by atoms with van der Waals surface area (Å²) in [4.78, 5) is 34.1. The van der Waals surface area contributed by atoms with Crippen molar-refractivity contribution in [2.45, 2.75) is 25.3 Å². The van der Waals surface area contributed by atoms with Crippen molar-refractivity contribution in [1.82, 2.24) is 5.32 Å². The van der Waals surface area contributed by atoms with Crippen LogP contribution in [0.15, 0.2) is 36.0 Å². The molecule has 3 atom stereocenters. The highest BCUT2D eigenvalue weighted by Crippen LogP contribution is 2.41. The molecule has 1 aromatic carbocycles. The molecular weight excluding hydrogens is 340 g/mol. The Morgan fingerprint density at radius 3 is 2.46 bits per heavy atom. The van der Waals surface area contributed by atoms with E-state index in [0.717, 1.165) is 6.07 Å². The topological polar surface area (TPSA) is 130 Å². The molecule has 9 heteroatoms. The molecule has 0 aromatic heterocycles. The van der Waals surface area contributed by atoms with Crippen LogP contribution in [0.1, 0.15) is 19.4 Å². The van der Waals surface area contributed by atoms with E-state index in [-0.39, 0.29) is 23.7 Å². The molecule has 1 aromatic rings. The van der Waals surface area contributed by atoms with E-state index in [0.29, 0.717) is 5.70 Å². The van der Waals surface area contributed by atoms with Gasteiger partial charge in [-0.1, -0.05) is 12.1 Å². The Balaban J connectivity index is 0.00000288. The molecule has 0 saturated heterocycles. The maximum atomic E-state index is 12.1. The number of nitrogens with zero attached hydrogens (tertiary/aromatic N) is 1. The second-order valence-electron chi connectivity index (χ2n) is 5.56. The number of nitro groups is 1. The van der Waals surface area contributed by atoms with Gasteiger partial charge in [0.05, 0.1) is 4.92 Å². The molecule has 0 amide bonds. The van der Waals surface area contributed by atoms with Gasteiger partial charge in [0.2, 0.25) is 0 Å². The number of benzene rings is 1. The lowest BCUT2D eigenvalue weighted by Crippen LogP contribution is -2.56. The summed E-state index contributed by atoms with van der Waals surface area (Å²) in [5.41, 5.74) is -1.60. The van der Waals surface area contributed by atoms with Crippen LogP contribution in [0.25, 0.3) is 0 Å². The first-order valence-electron chi connectivity index (χ1n) is 6.87. The van der Waals surface area contributed by atoms with Gasteiger partial charge in [-0.05, 0) is 25.5 Å². The highest BCUT2D eigenvalue weighted by Gasteiger charge is 2.54. The number of carbonyl (C=O) groups is 2. The molecule has 3 N–H and O–H groups in total. The number of allylic oxidation sites excluding steroid dienone is 1. The maximum Gasteiger partial charge on any atom is 0.319 e. The van der Waals surface area contributed by atoms with Gasteiger partial charge in [-0.15, -0.1) is 12.4 Å². The Bertz CT molecular complexity index is 720. The van der Waals surface area contributed by atoms with Crippen LogP contribution in [0.5, 0.6) is 0 Å². The number of rotatable bonds is 4. The summed E-state index contributed by atoms with van der Waals surface area (Å²) in [7, 11) is 0. The highest BCUT2D eigenvalue weighted by molar-refractivity contribution is 5.92. The van der Waals surface area contributed by atoms with Gasteiger partial charge < -0.3 is 15.5 Å². The SMILES string of the molecule is CC1=CC(C(=O)O)(c2cccc([N+](=O)[O-])c2)C(C(=O)O)C(C)N1.Cl. The van der Waals surface area contributed by atoms with Crippen LogP contribution in [0.3, 0.4) is 0 Å². The van der Waals surface area contributed by atoms with Crippen molar-refractivity contribution in [2.75, 3.05) is 0 Å². The molecule has 1 heterocycles. The second kappa shape index (κ2) is 6.88. The van der Waals surface area contributed by atoms with Crippen LogP contribution in [0.2, 0.25) is 0 Å². The lowest BCUT2D eigenvalue weighted by Gasteiger charge is -2.41. The molecule has 3 unspecified atom stereocenters. The van der Waals surface area contributed by atoms with E-state index < -0.39 is 34.2 Å². The Kier molecular flexibility index (Phi) is 5.57. The number of aliphatic carboxylic acids is 2. The molecule has 0 fully saturated rings. The molecule has 2 rings (SSSR count). The third-order valence-electron chi connectivity index (χ3n) is 4.04. The van der Waals surface area contributed by atoms with Crippen molar-refractivity contribution >= 4 is 30.0 Å². The zero-order valence-electron chi connectivity index (χ0n) is 12.9.